The second-order valence-corrected chi connectivity index (χ2v) is 10.4. The van der Waals surface area contributed by atoms with Gasteiger partial charge in [0.2, 0.25) is 0 Å². The first-order valence-corrected chi connectivity index (χ1v) is 10.0. The molecule has 8 bridgehead atoms. The van der Waals surface area contributed by atoms with Crippen molar-refractivity contribution in [1.29, 1.82) is 0 Å². The highest BCUT2D eigenvalue weighted by Gasteiger charge is 2.95. The number of halogens is 4. The molecule has 0 heterocycles. The average molecular weight is 426 g/mol. The van der Waals surface area contributed by atoms with E-state index in [1.165, 1.54) is 0 Å². The molecule has 2 nitrogen and oxygen atoms in total. The minimum atomic E-state index is -1.65. The molecule has 0 saturated heterocycles. The zero-order valence-electron chi connectivity index (χ0n) is 13.3. The zero-order chi connectivity index (χ0) is 18.3. The quantitative estimate of drug-likeness (QED) is 0.633. The van der Waals surface area contributed by atoms with Crippen molar-refractivity contribution in [3.63, 3.8) is 0 Å². The van der Waals surface area contributed by atoms with Crippen LogP contribution in [0, 0.1) is 11.8 Å². The first-order chi connectivity index (χ1) is 12.2. The lowest BCUT2D eigenvalue weighted by Crippen LogP contribution is -2.95. The van der Waals surface area contributed by atoms with E-state index >= 15 is 0 Å². The predicted octanol–water partition coefficient (Wildman–Crippen LogP) is 4.15. The van der Waals surface area contributed by atoms with Gasteiger partial charge in [-0.15, -0.1) is 46.4 Å². The third kappa shape index (κ3) is 1.12. The molecule has 0 amide bonds. The number of hydrogen-bond acceptors (Lipinski definition) is 2. The van der Waals surface area contributed by atoms with E-state index in [1.807, 2.05) is 48.6 Å². The van der Waals surface area contributed by atoms with E-state index in [2.05, 4.69) is 0 Å². The van der Waals surface area contributed by atoms with E-state index in [4.69, 9.17) is 46.4 Å². The fraction of sp³-hybridized carbons (Fsp3) is 0.400. The molecule has 0 spiro atoms. The normalized spacial score (nSPS) is 55.0. The van der Waals surface area contributed by atoms with Crippen molar-refractivity contribution in [2.45, 2.75) is 31.3 Å². The molecule has 3 saturated carbocycles. The van der Waals surface area contributed by atoms with Crippen LogP contribution in [0.15, 0.2) is 54.1 Å². The molecule has 1 aromatic rings. The molecule has 7 atom stereocenters. The van der Waals surface area contributed by atoms with E-state index in [0.717, 1.165) is 11.1 Å². The van der Waals surface area contributed by atoms with Crippen LogP contribution < -0.4 is 0 Å². The van der Waals surface area contributed by atoms with Crippen molar-refractivity contribution in [2.75, 3.05) is 0 Å². The Labute approximate surface area is 170 Å². The predicted molar refractivity (Wildman–Crippen MR) is 101 cm³/mol. The van der Waals surface area contributed by atoms with E-state index in [9.17, 15) is 9.59 Å². The van der Waals surface area contributed by atoms with Crippen LogP contribution in [0.4, 0.5) is 0 Å². The Hall–Kier alpha value is -0.800. The Morgan fingerprint density at radius 2 is 1.54 bits per heavy atom. The topological polar surface area (TPSA) is 34.1 Å². The van der Waals surface area contributed by atoms with Crippen LogP contribution in [-0.2, 0) is 15.0 Å². The first kappa shape index (κ1) is 16.2. The first-order valence-electron chi connectivity index (χ1n) is 8.52. The summed E-state index contributed by atoms with van der Waals surface area (Å²) in [6, 6.07) is 9.54. The monoisotopic (exact) mass is 424 g/mol. The molecule has 132 valence electrons. The Kier molecular flexibility index (Phi) is 2.57. The number of Topliss-reactive ketones (excluding diaryl/α,β-unsaturated/α-hetero) is 2. The summed E-state index contributed by atoms with van der Waals surface area (Å²) in [4.78, 5) is 20.9. The van der Waals surface area contributed by atoms with Gasteiger partial charge >= 0.3 is 0 Å². The SMILES string of the molecule is O=C1[C@]2(Cl)C[C@]3(c4ccccc4)C4=C[C@@H]5[C@@H](C=C4)[C@@](Cl)(C(=O)[C@]23Cl)[C@@]15Cl. The van der Waals surface area contributed by atoms with Crippen molar-refractivity contribution in [1.82, 2.24) is 0 Å². The van der Waals surface area contributed by atoms with Crippen LogP contribution in [0.5, 0.6) is 0 Å². The van der Waals surface area contributed by atoms with Gasteiger partial charge in [0.15, 0.2) is 11.6 Å². The van der Waals surface area contributed by atoms with Gasteiger partial charge in [-0.3, -0.25) is 9.59 Å². The average Bonchev–Trinajstić information content (AvgIpc) is 2.67. The highest BCUT2D eigenvalue weighted by Crippen LogP contribution is 2.81. The highest BCUT2D eigenvalue weighted by molar-refractivity contribution is 6.66. The lowest BCUT2D eigenvalue weighted by molar-refractivity contribution is -0.163. The number of carbonyl (C=O) groups excluding carboxylic acids is 2. The van der Waals surface area contributed by atoms with Gasteiger partial charge in [0.25, 0.3) is 0 Å². The fourth-order valence-electron chi connectivity index (χ4n) is 6.21. The standard InChI is InChI=1S/C20H12Cl4O2/c21-17-9-16(10-4-2-1-3-5-10)11-6-7-12-13(8-11)19(23,14(17)25)18(12,22)15(26)20(16,17)24/h1-8,12-13H,9H2/t12-,13-,16+,17-,18-,19+,20-/m1/s1. The van der Waals surface area contributed by atoms with Gasteiger partial charge in [-0.05, 0) is 17.6 Å². The Bertz CT molecular complexity index is 1000. The molecular formula is C20H12Cl4O2. The summed E-state index contributed by atoms with van der Waals surface area (Å²) in [7, 11) is 0. The smallest absolute Gasteiger partial charge is 0.181 e. The molecule has 26 heavy (non-hydrogen) atoms. The molecule has 6 heteroatoms. The number of benzene rings is 1. The van der Waals surface area contributed by atoms with E-state index in [0.29, 0.717) is 0 Å². The van der Waals surface area contributed by atoms with Crippen LogP contribution in [0.3, 0.4) is 0 Å². The van der Waals surface area contributed by atoms with Crippen LogP contribution in [0.1, 0.15) is 12.0 Å². The molecule has 7 aliphatic rings. The second kappa shape index (κ2) is 4.12. The molecule has 0 radical (unpaired) electrons. The van der Waals surface area contributed by atoms with E-state index in [1.54, 1.807) is 0 Å². The Balaban J connectivity index is 1.78. The van der Waals surface area contributed by atoms with Gasteiger partial charge in [0.1, 0.15) is 19.5 Å². The minimum absolute atomic E-state index is 0.231. The maximum absolute atomic E-state index is 13.8. The third-order valence-electron chi connectivity index (χ3n) is 7.41. The molecule has 0 aromatic heterocycles. The van der Waals surface area contributed by atoms with E-state index < -0.39 is 36.5 Å². The number of rotatable bonds is 1. The highest BCUT2D eigenvalue weighted by atomic mass is 35.5. The zero-order valence-corrected chi connectivity index (χ0v) is 16.3. The largest absolute Gasteiger partial charge is 0.296 e. The minimum Gasteiger partial charge on any atom is -0.296 e. The van der Waals surface area contributed by atoms with E-state index in [-0.39, 0.29) is 18.3 Å². The van der Waals surface area contributed by atoms with Crippen LogP contribution in [0.2, 0.25) is 0 Å². The molecule has 3 fully saturated rings. The summed E-state index contributed by atoms with van der Waals surface area (Å²) in [5.74, 6) is -1.50. The summed E-state index contributed by atoms with van der Waals surface area (Å²) in [5, 5.41) is 0. The van der Waals surface area contributed by atoms with Crippen molar-refractivity contribution in [2.24, 2.45) is 11.8 Å². The van der Waals surface area contributed by atoms with Gasteiger partial charge in [0.05, 0.1) is 5.41 Å². The fourth-order valence-corrected chi connectivity index (χ4v) is 8.62. The van der Waals surface area contributed by atoms with Crippen molar-refractivity contribution in [3.05, 3.63) is 59.7 Å². The number of hydrogen-bond donors (Lipinski definition) is 0. The third-order valence-corrected chi connectivity index (χ3v) is 10.5. The van der Waals surface area contributed by atoms with Crippen molar-refractivity contribution in [3.8, 4) is 0 Å². The number of ketones is 2. The summed E-state index contributed by atoms with van der Waals surface area (Å²) < 4.78 is 0. The maximum atomic E-state index is 13.8. The summed E-state index contributed by atoms with van der Waals surface area (Å²) >= 11 is 27.6. The number of alkyl halides is 4. The van der Waals surface area contributed by atoms with Crippen LogP contribution >= 0.6 is 46.4 Å². The van der Waals surface area contributed by atoms with Crippen molar-refractivity contribution >= 4 is 58.0 Å². The Morgan fingerprint density at radius 3 is 2.23 bits per heavy atom. The lowest BCUT2D eigenvalue weighted by atomic mass is 9.31. The molecule has 0 unspecified atom stereocenters. The van der Waals surface area contributed by atoms with Gasteiger partial charge in [-0.25, -0.2) is 0 Å². The number of carbonyl (C=O) groups is 2. The molecule has 7 aliphatic carbocycles. The Morgan fingerprint density at radius 1 is 0.885 bits per heavy atom. The van der Waals surface area contributed by atoms with Crippen LogP contribution in [-0.4, -0.2) is 31.1 Å². The summed E-state index contributed by atoms with van der Waals surface area (Å²) in [6.45, 7) is 0. The second-order valence-electron chi connectivity index (χ2n) is 8.02. The van der Waals surface area contributed by atoms with Gasteiger partial charge in [-0.1, -0.05) is 48.6 Å². The van der Waals surface area contributed by atoms with Gasteiger partial charge in [0, 0.05) is 11.8 Å². The summed E-state index contributed by atoms with van der Waals surface area (Å²) in [5.41, 5.74) is 0.884. The van der Waals surface area contributed by atoms with Gasteiger partial charge in [-0.2, -0.15) is 0 Å². The molecule has 1 aromatic carbocycles. The molecule has 0 N–H and O–H groups in total. The molecular weight excluding hydrogens is 414 g/mol. The van der Waals surface area contributed by atoms with Gasteiger partial charge < -0.3 is 0 Å². The molecule has 8 rings (SSSR count). The summed E-state index contributed by atoms with van der Waals surface area (Å²) in [6.07, 6.45) is 6.13. The molecule has 0 aliphatic heterocycles. The number of allylic oxidation sites excluding steroid dienone is 4. The lowest BCUT2D eigenvalue weighted by Gasteiger charge is -2.78. The maximum Gasteiger partial charge on any atom is 0.181 e. The van der Waals surface area contributed by atoms with Crippen LogP contribution in [0.25, 0.3) is 0 Å². The van der Waals surface area contributed by atoms with Crippen molar-refractivity contribution < 1.29 is 9.59 Å².